The first-order valence-electron chi connectivity index (χ1n) is 8.96. The second-order valence-corrected chi connectivity index (χ2v) is 7.37. The smallest absolute Gasteiger partial charge is 0.255 e. The van der Waals surface area contributed by atoms with Crippen molar-refractivity contribution in [2.45, 2.75) is 0 Å². The van der Waals surface area contributed by atoms with Gasteiger partial charge in [0.2, 0.25) is 11.6 Å². The highest BCUT2D eigenvalue weighted by Crippen LogP contribution is 2.29. The molecule has 0 spiro atoms. The SMILES string of the molecule is O=C(Nc1ccc(Cl)cc1)c1ccc(NC2=C(Cl)C(=O)c3ccccc3C2=O)cc1. The first-order valence-corrected chi connectivity index (χ1v) is 9.72. The Morgan fingerprint density at radius 3 is 1.90 bits per heavy atom. The monoisotopic (exact) mass is 436 g/mol. The van der Waals surface area contributed by atoms with E-state index in [2.05, 4.69) is 10.6 Å². The van der Waals surface area contributed by atoms with Gasteiger partial charge in [-0.25, -0.2) is 0 Å². The number of benzene rings is 3. The molecule has 0 radical (unpaired) electrons. The van der Waals surface area contributed by atoms with Gasteiger partial charge in [-0.3, -0.25) is 14.4 Å². The maximum absolute atomic E-state index is 12.7. The molecule has 5 nitrogen and oxygen atoms in total. The fourth-order valence-corrected chi connectivity index (χ4v) is 3.40. The second-order valence-electron chi connectivity index (χ2n) is 6.56. The van der Waals surface area contributed by atoms with Crippen LogP contribution in [0.4, 0.5) is 11.4 Å². The van der Waals surface area contributed by atoms with E-state index in [1.807, 2.05) is 0 Å². The van der Waals surface area contributed by atoms with Gasteiger partial charge in [0.1, 0.15) is 10.7 Å². The predicted octanol–water partition coefficient (Wildman–Crippen LogP) is 5.53. The van der Waals surface area contributed by atoms with Crippen molar-refractivity contribution >= 4 is 52.1 Å². The third kappa shape index (κ3) is 3.85. The summed E-state index contributed by atoms with van der Waals surface area (Å²) in [4.78, 5) is 37.6. The Hall–Kier alpha value is -3.41. The predicted molar refractivity (Wildman–Crippen MR) is 117 cm³/mol. The number of hydrogen-bond donors (Lipinski definition) is 2. The first-order chi connectivity index (χ1) is 14.4. The van der Waals surface area contributed by atoms with Crippen molar-refractivity contribution in [2.24, 2.45) is 0 Å². The third-order valence-electron chi connectivity index (χ3n) is 4.58. The molecule has 0 heterocycles. The summed E-state index contributed by atoms with van der Waals surface area (Å²) in [6.07, 6.45) is 0. The first kappa shape index (κ1) is 19.9. The number of nitrogens with one attached hydrogen (secondary N) is 2. The zero-order valence-corrected chi connectivity index (χ0v) is 16.9. The molecule has 1 amide bonds. The van der Waals surface area contributed by atoms with Crippen LogP contribution in [0, 0.1) is 0 Å². The number of anilines is 2. The van der Waals surface area contributed by atoms with Gasteiger partial charge in [-0.05, 0) is 48.5 Å². The summed E-state index contributed by atoms with van der Waals surface area (Å²) >= 11 is 12.0. The number of Topliss-reactive ketones (excluding diaryl/α,β-unsaturated/α-hetero) is 2. The number of rotatable bonds is 4. The van der Waals surface area contributed by atoms with E-state index < -0.39 is 5.78 Å². The Balaban J connectivity index is 1.51. The normalized spacial score (nSPS) is 13.1. The van der Waals surface area contributed by atoms with E-state index in [0.717, 1.165) is 0 Å². The lowest BCUT2D eigenvalue weighted by atomic mass is 9.92. The lowest BCUT2D eigenvalue weighted by Gasteiger charge is -2.19. The minimum absolute atomic E-state index is 0.0127. The Labute approximate surface area is 182 Å². The van der Waals surface area contributed by atoms with E-state index in [1.54, 1.807) is 72.8 Å². The van der Waals surface area contributed by atoms with Crippen LogP contribution >= 0.6 is 23.2 Å². The molecule has 0 bridgehead atoms. The minimum Gasteiger partial charge on any atom is -0.351 e. The number of carbonyl (C=O) groups is 3. The molecule has 0 aromatic heterocycles. The molecular formula is C23H14Cl2N2O3. The zero-order valence-electron chi connectivity index (χ0n) is 15.4. The van der Waals surface area contributed by atoms with Crippen LogP contribution in [-0.4, -0.2) is 17.5 Å². The molecule has 0 aliphatic heterocycles. The number of fused-ring (bicyclic) bond motifs is 1. The van der Waals surface area contributed by atoms with Gasteiger partial charge in [-0.15, -0.1) is 0 Å². The van der Waals surface area contributed by atoms with Gasteiger partial charge in [0.05, 0.1) is 0 Å². The fourth-order valence-electron chi connectivity index (χ4n) is 3.04. The molecule has 2 N–H and O–H groups in total. The molecule has 1 aliphatic carbocycles. The number of amides is 1. The molecule has 30 heavy (non-hydrogen) atoms. The average molecular weight is 437 g/mol. The van der Waals surface area contributed by atoms with E-state index >= 15 is 0 Å². The van der Waals surface area contributed by atoms with Crippen molar-refractivity contribution in [3.05, 3.63) is 105 Å². The number of hydrogen-bond acceptors (Lipinski definition) is 4. The summed E-state index contributed by atoms with van der Waals surface area (Å²) in [5, 5.41) is 6.09. The molecule has 0 unspecified atom stereocenters. The summed E-state index contributed by atoms with van der Waals surface area (Å²) in [7, 11) is 0. The van der Waals surface area contributed by atoms with Crippen LogP contribution in [0.2, 0.25) is 5.02 Å². The molecule has 7 heteroatoms. The average Bonchev–Trinajstić information content (AvgIpc) is 2.77. The van der Waals surface area contributed by atoms with Crippen LogP contribution in [0.15, 0.2) is 83.5 Å². The van der Waals surface area contributed by atoms with Crippen LogP contribution in [0.1, 0.15) is 31.1 Å². The van der Waals surface area contributed by atoms with Crippen LogP contribution in [0.25, 0.3) is 0 Å². The van der Waals surface area contributed by atoms with Gasteiger partial charge in [-0.2, -0.15) is 0 Å². The summed E-state index contributed by atoms with van der Waals surface area (Å²) in [5.74, 6) is -1.06. The molecule has 148 valence electrons. The highest BCUT2D eigenvalue weighted by Gasteiger charge is 2.31. The maximum atomic E-state index is 12.7. The molecular weight excluding hydrogens is 423 g/mol. The quantitative estimate of drug-likeness (QED) is 0.563. The van der Waals surface area contributed by atoms with E-state index in [1.165, 1.54) is 0 Å². The topological polar surface area (TPSA) is 75.3 Å². The van der Waals surface area contributed by atoms with E-state index in [-0.39, 0.29) is 28.0 Å². The highest BCUT2D eigenvalue weighted by atomic mass is 35.5. The summed E-state index contributed by atoms with van der Waals surface area (Å²) in [6, 6.07) is 19.8. The number of halogens is 2. The molecule has 0 saturated carbocycles. The van der Waals surface area contributed by atoms with Crippen LogP contribution in [-0.2, 0) is 0 Å². The highest BCUT2D eigenvalue weighted by molar-refractivity contribution is 6.50. The molecule has 3 aromatic rings. The third-order valence-corrected chi connectivity index (χ3v) is 5.19. The van der Waals surface area contributed by atoms with Crippen LogP contribution < -0.4 is 10.6 Å². The Morgan fingerprint density at radius 1 is 0.700 bits per heavy atom. The lowest BCUT2D eigenvalue weighted by molar-refractivity contribution is 0.0982. The van der Waals surface area contributed by atoms with Gasteiger partial charge in [0, 0.05) is 33.1 Å². The van der Waals surface area contributed by atoms with Crippen LogP contribution in [0.5, 0.6) is 0 Å². The Morgan fingerprint density at radius 2 is 1.27 bits per heavy atom. The van der Waals surface area contributed by atoms with Crippen molar-refractivity contribution in [1.82, 2.24) is 0 Å². The van der Waals surface area contributed by atoms with Crippen LogP contribution in [0.3, 0.4) is 0 Å². The fraction of sp³-hybridized carbons (Fsp3) is 0. The second kappa shape index (κ2) is 8.14. The molecule has 3 aromatic carbocycles. The van der Waals surface area contributed by atoms with E-state index in [9.17, 15) is 14.4 Å². The molecule has 4 rings (SSSR count). The summed E-state index contributed by atoms with van der Waals surface area (Å²) in [6.45, 7) is 0. The van der Waals surface area contributed by atoms with Gasteiger partial charge in [0.15, 0.2) is 0 Å². The lowest BCUT2D eigenvalue weighted by Crippen LogP contribution is -2.24. The molecule has 0 fully saturated rings. The summed E-state index contributed by atoms with van der Waals surface area (Å²) < 4.78 is 0. The Kier molecular flexibility index (Phi) is 5.40. The largest absolute Gasteiger partial charge is 0.351 e. The number of ketones is 2. The summed E-state index contributed by atoms with van der Waals surface area (Å²) in [5.41, 5.74) is 2.16. The van der Waals surface area contributed by atoms with Crippen molar-refractivity contribution in [1.29, 1.82) is 0 Å². The van der Waals surface area contributed by atoms with Crippen molar-refractivity contribution in [3.63, 3.8) is 0 Å². The van der Waals surface area contributed by atoms with Crippen molar-refractivity contribution in [2.75, 3.05) is 10.6 Å². The van der Waals surface area contributed by atoms with Gasteiger partial charge in [0.25, 0.3) is 5.91 Å². The molecule has 0 atom stereocenters. The van der Waals surface area contributed by atoms with Gasteiger partial charge >= 0.3 is 0 Å². The number of carbonyl (C=O) groups excluding carboxylic acids is 3. The Bertz CT molecular complexity index is 1200. The van der Waals surface area contributed by atoms with Crippen molar-refractivity contribution < 1.29 is 14.4 Å². The minimum atomic E-state index is -0.409. The van der Waals surface area contributed by atoms with Crippen molar-refractivity contribution in [3.8, 4) is 0 Å². The molecule has 1 aliphatic rings. The van der Waals surface area contributed by atoms with E-state index in [0.29, 0.717) is 27.5 Å². The zero-order chi connectivity index (χ0) is 21.3. The van der Waals surface area contributed by atoms with E-state index in [4.69, 9.17) is 23.2 Å². The van der Waals surface area contributed by atoms with Gasteiger partial charge in [-0.1, -0.05) is 47.5 Å². The number of allylic oxidation sites excluding steroid dienone is 2. The molecule has 0 saturated heterocycles. The standard InChI is InChI=1S/C23H14Cl2N2O3/c24-14-7-11-16(12-8-14)27-23(30)13-5-9-15(10-6-13)26-20-19(25)21(28)17-3-1-2-4-18(17)22(20)29/h1-12,26H,(H,27,30). The van der Waals surface area contributed by atoms with Gasteiger partial charge < -0.3 is 10.6 Å². The maximum Gasteiger partial charge on any atom is 0.255 e.